The van der Waals surface area contributed by atoms with Gasteiger partial charge < -0.3 is 15.7 Å². The van der Waals surface area contributed by atoms with E-state index < -0.39 is 6.09 Å². The lowest BCUT2D eigenvalue weighted by Gasteiger charge is -2.47. The summed E-state index contributed by atoms with van der Waals surface area (Å²) in [5, 5.41) is 9.40. The van der Waals surface area contributed by atoms with Crippen LogP contribution in [0.5, 0.6) is 0 Å². The number of hydrogen-bond acceptors (Lipinski definition) is 3. The molecule has 0 aromatic heterocycles. The van der Waals surface area contributed by atoms with E-state index in [1.165, 1.54) is 12.8 Å². The second-order valence-electron chi connectivity index (χ2n) is 7.90. The number of hydrogen-bond donors (Lipinski definition) is 2. The zero-order valence-corrected chi connectivity index (χ0v) is 13.7. The lowest BCUT2D eigenvalue weighted by atomic mass is 9.83. The summed E-state index contributed by atoms with van der Waals surface area (Å²) in [5.41, 5.74) is 5.95. The largest absolute Gasteiger partial charge is 0.465 e. The van der Waals surface area contributed by atoms with Gasteiger partial charge in [0.15, 0.2) is 0 Å². The van der Waals surface area contributed by atoms with E-state index in [4.69, 9.17) is 5.73 Å². The highest BCUT2D eigenvalue weighted by Crippen LogP contribution is 2.30. The Balaban J connectivity index is 1.93. The van der Waals surface area contributed by atoms with Gasteiger partial charge in [0, 0.05) is 32.2 Å². The van der Waals surface area contributed by atoms with E-state index in [-0.39, 0.29) is 11.5 Å². The van der Waals surface area contributed by atoms with Crippen LogP contribution in [0.2, 0.25) is 0 Å². The average molecular weight is 297 g/mol. The highest BCUT2D eigenvalue weighted by atomic mass is 16.4. The van der Waals surface area contributed by atoms with Crippen LogP contribution < -0.4 is 5.73 Å². The summed E-state index contributed by atoms with van der Waals surface area (Å²) in [6, 6.07) is 0.474. The van der Waals surface area contributed by atoms with E-state index in [1.54, 1.807) is 4.90 Å². The average Bonchev–Trinajstić information content (AvgIpc) is 2.40. The molecule has 2 rings (SSSR count). The molecular weight excluding hydrogens is 266 g/mol. The van der Waals surface area contributed by atoms with Crippen LogP contribution in [-0.4, -0.2) is 59.3 Å². The molecule has 5 nitrogen and oxygen atoms in total. The monoisotopic (exact) mass is 297 g/mol. The van der Waals surface area contributed by atoms with Crippen LogP contribution in [0, 0.1) is 11.3 Å². The smallest absolute Gasteiger partial charge is 0.407 e. The van der Waals surface area contributed by atoms with Crippen LogP contribution in [0.25, 0.3) is 0 Å². The van der Waals surface area contributed by atoms with Crippen molar-refractivity contribution in [2.45, 2.75) is 58.5 Å². The van der Waals surface area contributed by atoms with Crippen molar-refractivity contribution in [3.05, 3.63) is 0 Å². The standard InChI is InChI=1S/C16H31N3O2/c1-16(2,3)14-11-18(8-9-19(14)15(20)21)10-12-4-6-13(17)7-5-12/h12-14H,4-11,17H2,1-3H3,(H,20,21). The first-order chi connectivity index (χ1) is 9.77. The van der Waals surface area contributed by atoms with Crippen LogP contribution in [0.1, 0.15) is 46.5 Å². The fourth-order valence-electron chi connectivity index (χ4n) is 3.71. The predicted molar refractivity (Wildman–Crippen MR) is 84.3 cm³/mol. The fourth-order valence-corrected chi connectivity index (χ4v) is 3.71. The van der Waals surface area contributed by atoms with Crippen molar-refractivity contribution in [1.82, 2.24) is 9.80 Å². The topological polar surface area (TPSA) is 69.8 Å². The molecule has 1 amide bonds. The van der Waals surface area contributed by atoms with Gasteiger partial charge in [-0.05, 0) is 37.0 Å². The maximum atomic E-state index is 11.4. The second-order valence-corrected chi connectivity index (χ2v) is 7.90. The van der Waals surface area contributed by atoms with Gasteiger partial charge in [0.25, 0.3) is 0 Å². The first-order valence-electron chi connectivity index (χ1n) is 8.25. The van der Waals surface area contributed by atoms with Gasteiger partial charge in [-0.25, -0.2) is 4.79 Å². The van der Waals surface area contributed by atoms with E-state index in [2.05, 4.69) is 25.7 Å². The number of carbonyl (C=O) groups is 1. The predicted octanol–water partition coefficient (Wildman–Crippen LogP) is 2.21. The Hall–Kier alpha value is -0.810. The summed E-state index contributed by atoms with van der Waals surface area (Å²) in [5.74, 6) is 0.738. The number of carboxylic acid groups (broad SMARTS) is 1. The number of rotatable bonds is 2. The van der Waals surface area contributed by atoms with Gasteiger partial charge in [0.2, 0.25) is 0 Å². The molecule has 2 aliphatic rings. The Labute approximate surface area is 128 Å². The van der Waals surface area contributed by atoms with Crippen molar-refractivity contribution in [2.75, 3.05) is 26.2 Å². The van der Waals surface area contributed by atoms with E-state index in [1.807, 2.05) is 0 Å². The van der Waals surface area contributed by atoms with Crippen LogP contribution in [-0.2, 0) is 0 Å². The molecule has 1 unspecified atom stereocenters. The maximum absolute atomic E-state index is 11.4. The number of amides is 1. The molecule has 122 valence electrons. The first-order valence-corrected chi connectivity index (χ1v) is 8.25. The molecule has 3 N–H and O–H groups in total. The van der Waals surface area contributed by atoms with Crippen LogP contribution in [0.15, 0.2) is 0 Å². The Morgan fingerprint density at radius 1 is 1.19 bits per heavy atom. The lowest BCUT2D eigenvalue weighted by molar-refractivity contribution is 0.0144. The molecular formula is C16H31N3O2. The van der Waals surface area contributed by atoms with Gasteiger partial charge in [-0.2, -0.15) is 0 Å². The SMILES string of the molecule is CC(C)(C)C1CN(CC2CCC(N)CC2)CCN1C(=O)O. The van der Waals surface area contributed by atoms with Crippen LogP contribution in [0.4, 0.5) is 4.79 Å². The Bertz CT molecular complexity index is 359. The molecule has 1 heterocycles. The van der Waals surface area contributed by atoms with Crippen LogP contribution >= 0.6 is 0 Å². The molecule has 21 heavy (non-hydrogen) atoms. The fraction of sp³-hybridized carbons (Fsp3) is 0.938. The molecule has 1 atom stereocenters. The molecule has 0 spiro atoms. The second kappa shape index (κ2) is 6.53. The lowest BCUT2D eigenvalue weighted by Crippen LogP contribution is -2.60. The normalized spacial score (nSPS) is 32.2. The minimum Gasteiger partial charge on any atom is -0.465 e. The van der Waals surface area contributed by atoms with E-state index in [9.17, 15) is 9.90 Å². The summed E-state index contributed by atoms with van der Waals surface area (Å²) in [4.78, 5) is 15.5. The summed E-state index contributed by atoms with van der Waals surface area (Å²) < 4.78 is 0. The van der Waals surface area contributed by atoms with Crippen molar-refractivity contribution in [2.24, 2.45) is 17.1 Å². The summed E-state index contributed by atoms with van der Waals surface area (Å²) >= 11 is 0. The number of nitrogens with two attached hydrogens (primary N) is 1. The van der Waals surface area contributed by atoms with E-state index in [0.717, 1.165) is 38.4 Å². The van der Waals surface area contributed by atoms with E-state index >= 15 is 0 Å². The minimum absolute atomic E-state index is 0.0218. The number of piperazine rings is 1. The molecule has 1 aliphatic heterocycles. The molecule has 1 aliphatic carbocycles. The molecule has 0 radical (unpaired) electrons. The zero-order valence-electron chi connectivity index (χ0n) is 13.7. The molecule has 0 bridgehead atoms. The first kappa shape index (κ1) is 16.6. The van der Waals surface area contributed by atoms with Crippen molar-refractivity contribution >= 4 is 6.09 Å². The quantitative estimate of drug-likeness (QED) is 0.820. The molecule has 1 saturated carbocycles. The van der Waals surface area contributed by atoms with Gasteiger partial charge >= 0.3 is 6.09 Å². The van der Waals surface area contributed by atoms with Gasteiger partial charge in [0.1, 0.15) is 0 Å². The van der Waals surface area contributed by atoms with Gasteiger partial charge in [-0.3, -0.25) is 4.90 Å². The third-order valence-electron chi connectivity index (χ3n) is 5.12. The maximum Gasteiger partial charge on any atom is 0.407 e. The van der Waals surface area contributed by atoms with E-state index in [0.29, 0.717) is 12.6 Å². The van der Waals surface area contributed by atoms with Crippen LogP contribution in [0.3, 0.4) is 0 Å². The summed E-state index contributed by atoms with van der Waals surface area (Å²) in [6.07, 6.45) is 3.95. The highest BCUT2D eigenvalue weighted by Gasteiger charge is 2.38. The minimum atomic E-state index is -0.779. The van der Waals surface area contributed by atoms with Gasteiger partial charge in [-0.1, -0.05) is 20.8 Å². The third kappa shape index (κ3) is 4.33. The molecule has 0 aromatic carbocycles. The molecule has 2 fully saturated rings. The number of nitrogens with zero attached hydrogens (tertiary/aromatic N) is 2. The van der Waals surface area contributed by atoms with Crippen molar-refractivity contribution in [1.29, 1.82) is 0 Å². The van der Waals surface area contributed by atoms with Gasteiger partial charge in [0.05, 0.1) is 6.04 Å². The zero-order chi connectivity index (χ0) is 15.6. The Kier molecular flexibility index (Phi) is 5.15. The van der Waals surface area contributed by atoms with Crippen molar-refractivity contribution < 1.29 is 9.90 Å². The molecule has 5 heteroatoms. The summed E-state index contributed by atoms with van der Waals surface area (Å²) in [6.45, 7) is 9.86. The summed E-state index contributed by atoms with van der Waals surface area (Å²) in [7, 11) is 0. The highest BCUT2D eigenvalue weighted by molar-refractivity contribution is 5.65. The molecule has 1 saturated heterocycles. The third-order valence-corrected chi connectivity index (χ3v) is 5.12. The van der Waals surface area contributed by atoms with Crippen molar-refractivity contribution in [3.63, 3.8) is 0 Å². The molecule has 0 aromatic rings. The Morgan fingerprint density at radius 2 is 1.81 bits per heavy atom. The van der Waals surface area contributed by atoms with Crippen molar-refractivity contribution in [3.8, 4) is 0 Å². The Morgan fingerprint density at radius 3 is 2.33 bits per heavy atom. The van der Waals surface area contributed by atoms with Gasteiger partial charge in [-0.15, -0.1) is 0 Å².